The van der Waals surface area contributed by atoms with Gasteiger partial charge in [-0.25, -0.2) is 4.79 Å². The first-order valence-corrected chi connectivity index (χ1v) is 9.94. The number of nitrogens with one attached hydrogen (secondary N) is 2. The summed E-state index contributed by atoms with van der Waals surface area (Å²) >= 11 is 13.5. The average Bonchev–Trinajstić information content (AvgIpc) is 2.96. The van der Waals surface area contributed by atoms with Crippen LogP contribution in [0.4, 0.5) is 4.79 Å². The van der Waals surface area contributed by atoms with Crippen molar-refractivity contribution in [1.82, 2.24) is 25.4 Å². The third kappa shape index (κ3) is 5.60. The monoisotopic (exact) mass is 429 g/mol. The zero-order chi connectivity index (χ0) is 20.1. The molecule has 0 fully saturated rings. The summed E-state index contributed by atoms with van der Waals surface area (Å²) in [6, 6.07) is 4.63. The molecule has 1 aromatic heterocycles. The van der Waals surface area contributed by atoms with Crippen LogP contribution in [0, 0.1) is 5.92 Å². The lowest BCUT2D eigenvalue weighted by Crippen LogP contribution is -2.41. The predicted octanol–water partition coefficient (Wildman–Crippen LogP) is 3.84. The number of hydrogen-bond donors (Lipinski definition) is 2. The van der Waals surface area contributed by atoms with Crippen LogP contribution < -0.4 is 10.6 Å². The van der Waals surface area contributed by atoms with Gasteiger partial charge >= 0.3 is 6.03 Å². The predicted molar refractivity (Wildman–Crippen MR) is 108 cm³/mol. The standard InChI is InChI=1S/C17H21Cl2N5O2S/c1-9(2)8-24-14(12-6-5-11(18)7-13(12)19)22-23-17(24)27-10(3)15(25)21-16(26)20-4/h5-7,9-10H,8H2,1-4H3,(H2,20,21,25,26). The molecule has 7 nitrogen and oxygen atoms in total. The molecule has 3 amide bonds. The lowest BCUT2D eigenvalue weighted by atomic mass is 10.2. The van der Waals surface area contributed by atoms with Gasteiger partial charge in [-0.15, -0.1) is 10.2 Å². The molecule has 1 heterocycles. The number of nitrogens with zero attached hydrogens (tertiary/aromatic N) is 3. The van der Waals surface area contributed by atoms with Crippen molar-refractivity contribution >= 4 is 46.9 Å². The second kappa shape index (κ2) is 9.43. The quantitative estimate of drug-likeness (QED) is 0.680. The molecule has 0 aliphatic heterocycles. The van der Waals surface area contributed by atoms with Crippen LogP contribution in [0.15, 0.2) is 23.4 Å². The normalized spacial score (nSPS) is 12.1. The van der Waals surface area contributed by atoms with Crippen LogP contribution in [0.3, 0.4) is 0 Å². The highest BCUT2D eigenvalue weighted by molar-refractivity contribution is 8.00. The highest BCUT2D eigenvalue weighted by Crippen LogP contribution is 2.33. The Balaban J connectivity index is 2.33. The van der Waals surface area contributed by atoms with E-state index in [0.717, 1.165) is 0 Å². The number of hydrogen-bond acceptors (Lipinski definition) is 5. The van der Waals surface area contributed by atoms with E-state index >= 15 is 0 Å². The molecule has 0 saturated heterocycles. The molecule has 0 bridgehead atoms. The lowest BCUT2D eigenvalue weighted by molar-refractivity contribution is -0.119. The fourth-order valence-electron chi connectivity index (χ4n) is 2.26. The van der Waals surface area contributed by atoms with E-state index < -0.39 is 17.2 Å². The third-order valence-corrected chi connectivity index (χ3v) is 5.18. The smallest absolute Gasteiger partial charge is 0.321 e. The largest absolute Gasteiger partial charge is 0.341 e. The van der Waals surface area contributed by atoms with Gasteiger partial charge in [0.25, 0.3) is 0 Å². The Bertz CT molecular complexity index is 841. The number of benzene rings is 1. The summed E-state index contributed by atoms with van der Waals surface area (Å²) in [5.41, 5.74) is 0.712. The van der Waals surface area contributed by atoms with Gasteiger partial charge in [0.2, 0.25) is 5.91 Å². The van der Waals surface area contributed by atoms with Crippen LogP contribution in [0.5, 0.6) is 0 Å². The van der Waals surface area contributed by atoms with Crippen LogP contribution in [0.25, 0.3) is 11.4 Å². The molecule has 0 aliphatic rings. The minimum Gasteiger partial charge on any atom is -0.341 e. The first-order chi connectivity index (χ1) is 12.7. The molecule has 2 N–H and O–H groups in total. The van der Waals surface area contributed by atoms with E-state index in [2.05, 4.69) is 34.7 Å². The van der Waals surface area contributed by atoms with Crippen molar-refractivity contribution in [1.29, 1.82) is 0 Å². The lowest BCUT2D eigenvalue weighted by Gasteiger charge is -2.15. The third-order valence-electron chi connectivity index (χ3n) is 3.55. The van der Waals surface area contributed by atoms with Gasteiger partial charge in [0.1, 0.15) is 0 Å². The minimum absolute atomic E-state index is 0.320. The Morgan fingerprint density at radius 1 is 1.22 bits per heavy atom. The number of carbonyl (C=O) groups excluding carboxylic acids is 2. The van der Waals surface area contributed by atoms with Crippen molar-refractivity contribution in [3.63, 3.8) is 0 Å². The van der Waals surface area contributed by atoms with E-state index in [1.807, 2.05) is 4.57 Å². The summed E-state index contributed by atoms with van der Waals surface area (Å²) in [6.45, 7) is 6.49. The van der Waals surface area contributed by atoms with E-state index in [1.54, 1.807) is 25.1 Å². The van der Waals surface area contributed by atoms with E-state index in [9.17, 15) is 9.59 Å². The highest BCUT2D eigenvalue weighted by Gasteiger charge is 2.23. The van der Waals surface area contributed by atoms with Gasteiger partial charge in [0.05, 0.1) is 10.3 Å². The van der Waals surface area contributed by atoms with Crippen molar-refractivity contribution in [3.8, 4) is 11.4 Å². The van der Waals surface area contributed by atoms with Gasteiger partial charge in [-0.05, 0) is 31.0 Å². The number of urea groups is 1. The molecule has 0 saturated carbocycles. The first-order valence-electron chi connectivity index (χ1n) is 8.30. The Hall–Kier alpha value is -1.77. The number of rotatable bonds is 6. The van der Waals surface area contributed by atoms with E-state index in [1.165, 1.54) is 18.8 Å². The fourth-order valence-corrected chi connectivity index (χ4v) is 3.61. The molecule has 27 heavy (non-hydrogen) atoms. The number of thioether (sulfide) groups is 1. The molecular formula is C17H21Cl2N5O2S. The highest BCUT2D eigenvalue weighted by atomic mass is 35.5. The van der Waals surface area contributed by atoms with E-state index in [-0.39, 0.29) is 0 Å². The molecule has 1 unspecified atom stereocenters. The number of halogens is 2. The van der Waals surface area contributed by atoms with Crippen LogP contribution >= 0.6 is 35.0 Å². The summed E-state index contributed by atoms with van der Waals surface area (Å²) < 4.78 is 1.92. The summed E-state index contributed by atoms with van der Waals surface area (Å²) in [7, 11) is 1.45. The maximum absolute atomic E-state index is 12.1. The molecule has 0 aliphatic carbocycles. The summed E-state index contributed by atoms with van der Waals surface area (Å²) in [5, 5.41) is 14.2. The summed E-state index contributed by atoms with van der Waals surface area (Å²) in [5.74, 6) is 0.511. The minimum atomic E-state index is -0.551. The van der Waals surface area contributed by atoms with Gasteiger partial charge in [0.15, 0.2) is 11.0 Å². The zero-order valence-electron chi connectivity index (χ0n) is 15.4. The maximum Gasteiger partial charge on any atom is 0.321 e. The van der Waals surface area contributed by atoms with Crippen molar-refractivity contribution in [2.45, 2.75) is 37.7 Å². The van der Waals surface area contributed by atoms with Crippen molar-refractivity contribution in [3.05, 3.63) is 28.2 Å². The fraction of sp³-hybridized carbons (Fsp3) is 0.412. The van der Waals surface area contributed by atoms with Gasteiger partial charge in [0, 0.05) is 24.2 Å². The van der Waals surface area contributed by atoms with Gasteiger partial charge in [-0.1, -0.05) is 48.8 Å². The van der Waals surface area contributed by atoms with E-state index in [4.69, 9.17) is 23.2 Å². The number of imide groups is 1. The number of amides is 3. The average molecular weight is 430 g/mol. The summed E-state index contributed by atoms with van der Waals surface area (Å²) in [4.78, 5) is 23.5. The topological polar surface area (TPSA) is 88.9 Å². The second-order valence-electron chi connectivity index (χ2n) is 6.26. The molecular weight excluding hydrogens is 409 g/mol. The molecule has 2 aromatic rings. The zero-order valence-corrected chi connectivity index (χ0v) is 17.7. The number of carbonyl (C=O) groups is 2. The second-order valence-corrected chi connectivity index (χ2v) is 8.41. The molecule has 10 heteroatoms. The first kappa shape index (κ1) is 21.5. The van der Waals surface area contributed by atoms with Crippen LogP contribution in [-0.2, 0) is 11.3 Å². The Labute approximate surface area is 172 Å². The summed E-state index contributed by atoms with van der Waals surface area (Å²) in [6.07, 6.45) is 0. The molecule has 2 rings (SSSR count). The SMILES string of the molecule is CNC(=O)NC(=O)C(C)Sc1nnc(-c2ccc(Cl)cc2Cl)n1CC(C)C. The molecule has 0 radical (unpaired) electrons. The van der Waals surface area contributed by atoms with Crippen LogP contribution in [0.1, 0.15) is 20.8 Å². The van der Waals surface area contributed by atoms with Gasteiger partial charge in [-0.2, -0.15) is 0 Å². The van der Waals surface area contributed by atoms with Crippen molar-refractivity contribution in [2.24, 2.45) is 5.92 Å². The Morgan fingerprint density at radius 3 is 2.52 bits per heavy atom. The number of aromatic nitrogens is 3. The molecule has 0 spiro atoms. The van der Waals surface area contributed by atoms with Crippen molar-refractivity contribution < 1.29 is 9.59 Å². The molecule has 146 valence electrons. The van der Waals surface area contributed by atoms with Gasteiger partial charge < -0.3 is 9.88 Å². The maximum atomic E-state index is 12.1. The van der Waals surface area contributed by atoms with Crippen LogP contribution in [0.2, 0.25) is 10.0 Å². The Kier molecular flexibility index (Phi) is 7.52. The Morgan fingerprint density at radius 2 is 1.93 bits per heavy atom. The van der Waals surface area contributed by atoms with Gasteiger partial charge in [-0.3, -0.25) is 10.1 Å². The van der Waals surface area contributed by atoms with E-state index in [0.29, 0.717) is 39.1 Å². The molecule has 1 aromatic carbocycles. The van der Waals surface area contributed by atoms with Crippen LogP contribution in [-0.4, -0.2) is 39.0 Å². The molecule has 1 atom stereocenters. The van der Waals surface area contributed by atoms with Crippen molar-refractivity contribution in [2.75, 3.05) is 7.05 Å².